The Morgan fingerprint density at radius 1 is 0.500 bits per heavy atom. The highest BCUT2D eigenvalue weighted by Gasteiger charge is 2.51. The number of carboxylic acids is 3. The highest BCUT2D eigenvalue weighted by molar-refractivity contribution is 7.93. The number of aliphatic carboxylic acids is 1. The van der Waals surface area contributed by atoms with Gasteiger partial charge >= 0.3 is 17.9 Å². The highest BCUT2D eigenvalue weighted by Crippen LogP contribution is 2.52. The summed E-state index contributed by atoms with van der Waals surface area (Å²) in [5.41, 5.74) is 31.5. The van der Waals surface area contributed by atoms with Crippen molar-refractivity contribution in [1.82, 2.24) is 37.8 Å². The molecule has 10 aromatic carbocycles. The summed E-state index contributed by atoms with van der Waals surface area (Å²) in [4.78, 5) is 63.9. The lowest BCUT2D eigenvalue weighted by Crippen LogP contribution is -2.51. The minimum atomic E-state index is -3.18. The van der Waals surface area contributed by atoms with Crippen LogP contribution in [0, 0.1) is 29.2 Å². The molecule has 3 fully saturated rings. The molecule has 3 saturated heterocycles. The van der Waals surface area contributed by atoms with Gasteiger partial charge in [-0.1, -0.05) is 52.0 Å². The number of carbonyl (C=O) groups excluding carboxylic acids is 1. The van der Waals surface area contributed by atoms with Crippen molar-refractivity contribution >= 4 is 102 Å². The van der Waals surface area contributed by atoms with E-state index in [1.165, 1.54) is 58.8 Å². The third-order valence-electron chi connectivity index (χ3n) is 27.0. The Morgan fingerprint density at radius 2 is 0.897 bits per heavy atom. The lowest BCUT2D eigenvalue weighted by Gasteiger charge is -2.42. The number of carbonyl (C=O) groups is 4. The predicted octanol–water partition coefficient (Wildman–Crippen LogP) is 19.6. The SMILES string of the molecule is CC(C)c1c(-c2cnn(C(C)(C)C(=O)O)c2)c2cc3c(cc2n1-c1ccc(F)cc1)C=NC3.CC1(c2c(-c3ccc(C(=O)O)cc3)c3cc4c(cc3n2-c2ccc(F)cc2)C=NC4)CS(=O)(=O)C1.CCC1(c2c(-c3cnn(CC(N)=O)c3)c3cc4c(cc3n2-c2ccc(F)cc2)C=NC4)COC1.O=C(O)c1ccc(-c2c(CC3CCOC3)n(-c3ccc(F)cc3)c3cc4c(cc23)CN=C4)cc1. The standard InChI is InChI=1S/C28H23FN2O3.C27H21FN2O4S.C26H24FN5O2.C26H25FN4O2/c29-22-5-7-23(8-6-22)31-25-13-21-15-30-14-20(21)12-24(25)27(26(31)11-17-9-10-34-16-17)18-1-3-19(4-2-18)28(32)33;1-27(14-35(33,34)15-27)25-24(16-2-4-17(5-3-16)26(31)32)22-10-18-12-29-13-19(18)11-23(22)30(25)21-8-6-20(28)7-9-21;1-2-26(14-34-15-26)25-24(18-11-30-31(12-18)13-23(28)33)21-7-16-9-29-10-17(16)8-22(21)32(25)20-5-3-19(27)4-6-20;1-15(2)24-23(18-13-29-30(14-18)26(3,4)25(32)33)21-9-16-11-28-12-17(16)10-22(21)31(24)20-7-5-19(27)6-8-20/h1-8,12-13,15,17H,9-11,14,16H2,(H,32,33);2-11,13H,12,14-15H2,1H3,(H,31,32);3-8,10-12H,2,9,13-15H2,1H3,(H2,28,33);5-10,12-15H,11H2,1-4H3,(H,32,33). The van der Waals surface area contributed by atoms with E-state index in [1.807, 2.05) is 85.0 Å². The Bertz CT molecular complexity index is 7810. The third kappa shape index (κ3) is 16.1. The summed E-state index contributed by atoms with van der Waals surface area (Å²) in [7, 11) is -3.18. The molecule has 5 N–H and O–H groups in total. The molecular weight excluding hydrogens is 1750 g/mol. The van der Waals surface area contributed by atoms with Gasteiger partial charge in [0.15, 0.2) is 15.4 Å². The number of aliphatic imine (C=N–C) groups is 4. The number of fused-ring (bicyclic) bond motifs is 8. The molecule has 16 aromatic rings. The van der Waals surface area contributed by atoms with Crippen LogP contribution in [0.2, 0.25) is 0 Å². The minimum Gasteiger partial charge on any atom is -0.479 e. The van der Waals surface area contributed by atoms with Crippen molar-refractivity contribution in [2.24, 2.45) is 31.6 Å². The molecule has 1 atom stereocenters. The van der Waals surface area contributed by atoms with Gasteiger partial charge < -0.3 is 48.8 Å². The maximum Gasteiger partial charge on any atom is 0.335 e. The monoisotopic (exact) mass is 1840 g/mol. The van der Waals surface area contributed by atoms with Crippen LogP contribution in [0.25, 0.3) is 111 Å². The van der Waals surface area contributed by atoms with E-state index in [4.69, 9.17) is 15.2 Å². The van der Waals surface area contributed by atoms with Crippen molar-refractivity contribution in [2.75, 3.05) is 37.9 Å². The molecule has 13 heterocycles. The summed E-state index contributed by atoms with van der Waals surface area (Å²) >= 11 is 0. The molecule has 0 bridgehead atoms. The summed E-state index contributed by atoms with van der Waals surface area (Å²) < 4.78 is 103. The van der Waals surface area contributed by atoms with Crippen LogP contribution in [0.5, 0.6) is 0 Å². The molecule has 1 unspecified atom stereocenters. The first-order chi connectivity index (χ1) is 65.4. The van der Waals surface area contributed by atoms with E-state index < -0.39 is 44.6 Å². The molecule has 23 rings (SSSR count). The summed E-state index contributed by atoms with van der Waals surface area (Å²) in [5, 5.41) is 41.3. The number of amides is 1. The fourth-order valence-electron chi connectivity index (χ4n) is 20.2. The number of hydrogen-bond acceptors (Lipinski definition) is 14. The van der Waals surface area contributed by atoms with E-state index in [9.17, 15) is 60.5 Å². The fraction of sp³-hybridized carbons (Fsp3) is 0.234. The van der Waals surface area contributed by atoms with E-state index in [0.29, 0.717) is 51.9 Å². The molecule has 0 spiro atoms. The first-order valence-electron chi connectivity index (χ1n) is 44.9. The number of nitrogens with two attached hydrogens (primary N) is 1. The molecule has 0 aliphatic carbocycles. The van der Waals surface area contributed by atoms with Crippen molar-refractivity contribution < 1.29 is 70.0 Å². The molecule has 136 heavy (non-hydrogen) atoms. The van der Waals surface area contributed by atoms with Crippen LogP contribution in [0.4, 0.5) is 17.6 Å². The number of sulfone groups is 1. The van der Waals surface area contributed by atoms with Crippen molar-refractivity contribution in [2.45, 2.75) is 116 Å². The van der Waals surface area contributed by atoms with Crippen LogP contribution in [0.3, 0.4) is 0 Å². The van der Waals surface area contributed by atoms with Crippen molar-refractivity contribution in [1.29, 1.82) is 0 Å². The lowest BCUT2D eigenvalue weighted by atomic mass is 9.77. The van der Waals surface area contributed by atoms with Crippen LogP contribution in [-0.4, -0.2) is 148 Å². The zero-order valence-corrected chi connectivity index (χ0v) is 75.9. The number of nitrogens with zero attached hydrogens (tertiary/aromatic N) is 12. The summed E-state index contributed by atoms with van der Waals surface area (Å²) in [5.74, 6) is -4.04. The predicted molar refractivity (Wildman–Crippen MR) is 517 cm³/mol. The Hall–Kier alpha value is -15.1. The molecule has 0 radical (unpaired) electrons. The number of rotatable bonds is 20. The smallest absolute Gasteiger partial charge is 0.335 e. The van der Waals surface area contributed by atoms with E-state index >= 15 is 0 Å². The topological polar surface area (TPSA) is 312 Å². The fourth-order valence-corrected chi connectivity index (χ4v) is 22.4. The Labute approximate surface area is 778 Å². The molecule has 1 amide bonds. The van der Waals surface area contributed by atoms with Gasteiger partial charge in [-0.05, 0) is 270 Å². The van der Waals surface area contributed by atoms with Gasteiger partial charge in [-0.15, -0.1) is 0 Å². The van der Waals surface area contributed by atoms with Gasteiger partial charge in [0.05, 0.1) is 102 Å². The molecule has 686 valence electrons. The number of aromatic carboxylic acids is 2. The molecule has 0 saturated carbocycles. The Morgan fingerprint density at radius 3 is 1.30 bits per heavy atom. The number of primary amides is 1. The number of carboxylic acid groups (broad SMARTS) is 3. The van der Waals surface area contributed by atoms with Crippen LogP contribution in [0.1, 0.15) is 148 Å². The van der Waals surface area contributed by atoms with Gasteiger partial charge in [-0.3, -0.25) is 34.1 Å². The van der Waals surface area contributed by atoms with Crippen LogP contribution in [0.15, 0.2) is 239 Å². The second kappa shape index (κ2) is 34.8. The molecule has 6 aromatic heterocycles. The quantitative estimate of drug-likeness (QED) is 0.0516. The van der Waals surface area contributed by atoms with Crippen molar-refractivity contribution in [3.05, 3.63) is 321 Å². The van der Waals surface area contributed by atoms with Crippen LogP contribution >= 0.6 is 0 Å². The first kappa shape index (κ1) is 88.8. The normalized spacial score (nSPS) is 15.9. The molecule has 7 aliphatic rings. The average Bonchev–Trinajstić information content (AvgIpc) is 1.52. The average molecular weight is 1850 g/mol. The third-order valence-corrected chi connectivity index (χ3v) is 29.2. The van der Waals surface area contributed by atoms with Gasteiger partial charge in [-0.2, -0.15) is 10.2 Å². The molecule has 29 heteroatoms. The Balaban J connectivity index is 0.000000112. The number of aromatic nitrogens is 8. The zero-order valence-electron chi connectivity index (χ0n) is 75.1. The molecule has 7 aliphatic heterocycles. The van der Waals surface area contributed by atoms with E-state index in [1.54, 1.807) is 97.8 Å². The van der Waals surface area contributed by atoms with E-state index in [-0.39, 0.29) is 63.8 Å². The lowest BCUT2D eigenvalue weighted by molar-refractivity contribution is -0.146. The van der Waals surface area contributed by atoms with E-state index in [2.05, 4.69) is 107 Å². The van der Waals surface area contributed by atoms with Crippen LogP contribution in [-0.2, 0) is 84.4 Å². The molecular formula is C107H93F4N13O11S. The van der Waals surface area contributed by atoms with Crippen molar-refractivity contribution in [3.63, 3.8) is 0 Å². The second-order valence-electron chi connectivity index (χ2n) is 36.9. The highest BCUT2D eigenvalue weighted by atomic mass is 32.2. The molecule has 24 nitrogen and oxygen atoms in total. The number of benzene rings is 10. The van der Waals surface area contributed by atoms with Gasteiger partial charge in [0.25, 0.3) is 0 Å². The number of halogens is 4. The summed E-state index contributed by atoms with van der Waals surface area (Å²) in [6, 6.07) is 56.7. The second-order valence-corrected chi connectivity index (χ2v) is 39.0. The van der Waals surface area contributed by atoms with Crippen molar-refractivity contribution in [3.8, 4) is 67.3 Å². The van der Waals surface area contributed by atoms with E-state index in [0.717, 1.165) is 198 Å². The van der Waals surface area contributed by atoms with Crippen LogP contribution < -0.4 is 5.73 Å². The zero-order chi connectivity index (χ0) is 94.7. The number of ether oxygens (including phenoxy) is 2. The first-order valence-corrected chi connectivity index (χ1v) is 46.7. The summed E-state index contributed by atoms with van der Waals surface area (Å²) in [6.45, 7) is 16.8. The number of hydrogen-bond donors (Lipinski definition) is 4. The van der Waals surface area contributed by atoms with Gasteiger partial charge in [0, 0.05) is 156 Å². The summed E-state index contributed by atoms with van der Waals surface area (Å²) in [6.07, 6.45) is 17.4. The minimum absolute atomic E-state index is 0.00109. The van der Waals surface area contributed by atoms with Gasteiger partial charge in [0.1, 0.15) is 29.8 Å². The largest absolute Gasteiger partial charge is 0.479 e. The maximum atomic E-state index is 13.9. The van der Waals surface area contributed by atoms with Gasteiger partial charge in [0.2, 0.25) is 5.91 Å². The maximum absolute atomic E-state index is 13.9. The van der Waals surface area contributed by atoms with Gasteiger partial charge in [-0.25, -0.2) is 40.4 Å². The Kier molecular flexibility index (Phi) is 22.7.